The van der Waals surface area contributed by atoms with E-state index in [0.29, 0.717) is 11.3 Å². The largest absolute Gasteiger partial charge is 0.326 e. The summed E-state index contributed by atoms with van der Waals surface area (Å²) in [7, 11) is 0. The number of benzene rings is 2. The Morgan fingerprint density at radius 3 is 2.56 bits per heavy atom. The van der Waals surface area contributed by atoms with Gasteiger partial charge in [-0.05, 0) is 73.9 Å². The maximum Gasteiger partial charge on any atom is 0.255 e. The molecule has 128 valence electrons. The number of aryl methyl sites for hydroxylation is 1. The van der Waals surface area contributed by atoms with Crippen molar-refractivity contribution >= 4 is 23.2 Å². The van der Waals surface area contributed by atoms with E-state index in [1.165, 1.54) is 24.0 Å². The first-order valence-corrected chi connectivity index (χ1v) is 9.04. The first kappa shape index (κ1) is 15.9. The van der Waals surface area contributed by atoms with Crippen molar-refractivity contribution < 1.29 is 9.59 Å². The molecule has 25 heavy (non-hydrogen) atoms. The van der Waals surface area contributed by atoms with Crippen molar-refractivity contribution in [2.45, 2.75) is 38.5 Å². The van der Waals surface area contributed by atoms with Crippen molar-refractivity contribution in [2.24, 2.45) is 5.92 Å². The topological polar surface area (TPSA) is 58.2 Å². The molecule has 4 rings (SSSR count). The van der Waals surface area contributed by atoms with Gasteiger partial charge in [0.15, 0.2) is 0 Å². The van der Waals surface area contributed by atoms with Crippen LogP contribution in [-0.2, 0) is 17.6 Å². The van der Waals surface area contributed by atoms with Crippen molar-refractivity contribution in [2.75, 3.05) is 10.6 Å². The van der Waals surface area contributed by atoms with Gasteiger partial charge in [-0.15, -0.1) is 0 Å². The van der Waals surface area contributed by atoms with Crippen molar-refractivity contribution in [3.05, 3.63) is 59.2 Å². The molecule has 0 saturated heterocycles. The first-order chi connectivity index (χ1) is 12.2. The van der Waals surface area contributed by atoms with Crippen LogP contribution < -0.4 is 10.6 Å². The Bertz CT molecular complexity index is 824. The van der Waals surface area contributed by atoms with Crippen LogP contribution in [0, 0.1) is 5.92 Å². The zero-order valence-electron chi connectivity index (χ0n) is 14.2. The molecule has 0 unspecified atom stereocenters. The molecule has 1 saturated carbocycles. The lowest BCUT2D eigenvalue weighted by molar-refractivity contribution is -0.117. The highest BCUT2D eigenvalue weighted by Crippen LogP contribution is 2.30. The van der Waals surface area contributed by atoms with Gasteiger partial charge in [-0.25, -0.2) is 0 Å². The molecule has 0 radical (unpaired) electrons. The van der Waals surface area contributed by atoms with Crippen LogP contribution in [0.3, 0.4) is 0 Å². The van der Waals surface area contributed by atoms with Gasteiger partial charge < -0.3 is 10.6 Å². The lowest BCUT2D eigenvalue weighted by Gasteiger charge is -2.19. The molecule has 0 bridgehead atoms. The SMILES string of the molecule is O=C(Nc1cccc2c1CCCC2)c1cccc(NC(=O)C2CC2)c1. The molecule has 2 aliphatic carbocycles. The molecule has 2 aliphatic rings. The molecule has 4 nitrogen and oxygen atoms in total. The van der Waals surface area contributed by atoms with Gasteiger partial charge in [0.05, 0.1) is 0 Å². The van der Waals surface area contributed by atoms with Crippen LogP contribution >= 0.6 is 0 Å². The van der Waals surface area contributed by atoms with E-state index in [1.54, 1.807) is 18.2 Å². The Kier molecular flexibility index (Phi) is 4.26. The van der Waals surface area contributed by atoms with Gasteiger partial charge in [-0.3, -0.25) is 9.59 Å². The maximum atomic E-state index is 12.7. The lowest BCUT2D eigenvalue weighted by Crippen LogP contribution is -2.17. The van der Waals surface area contributed by atoms with Gasteiger partial charge in [-0.1, -0.05) is 18.2 Å². The van der Waals surface area contributed by atoms with Crippen molar-refractivity contribution in [3.8, 4) is 0 Å². The van der Waals surface area contributed by atoms with Gasteiger partial charge in [0.1, 0.15) is 0 Å². The standard InChI is InChI=1S/C21H22N2O2/c24-20(15-11-12-15)22-17-8-3-7-16(13-17)21(25)23-19-10-4-6-14-5-1-2-9-18(14)19/h3-4,6-8,10,13,15H,1-2,5,9,11-12H2,(H,22,24)(H,23,25). The molecule has 0 aliphatic heterocycles. The van der Waals surface area contributed by atoms with Crippen LogP contribution in [-0.4, -0.2) is 11.8 Å². The monoisotopic (exact) mass is 334 g/mol. The number of fused-ring (bicyclic) bond motifs is 1. The molecule has 0 aromatic heterocycles. The first-order valence-electron chi connectivity index (χ1n) is 9.04. The molecule has 2 N–H and O–H groups in total. The molecule has 0 spiro atoms. The zero-order valence-corrected chi connectivity index (χ0v) is 14.2. The molecule has 1 fully saturated rings. The van der Waals surface area contributed by atoms with Crippen molar-refractivity contribution in [1.82, 2.24) is 0 Å². The number of anilines is 2. The molecular formula is C21H22N2O2. The van der Waals surface area contributed by atoms with E-state index in [4.69, 9.17) is 0 Å². The van der Waals surface area contributed by atoms with E-state index in [2.05, 4.69) is 16.7 Å². The summed E-state index contributed by atoms with van der Waals surface area (Å²) in [6.07, 6.45) is 6.41. The fraction of sp³-hybridized carbons (Fsp3) is 0.333. The van der Waals surface area contributed by atoms with Crippen LogP contribution in [0.2, 0.25) is 0 Å². The Hall–Kier alpha value is -2.62. The predicted octanol–water partition coefficient (Wildman–Crippen LogP) is 4.17. The summed E-state index contributed by atoms with van der Waals surface area (Å²) >= 11 is 0. The van der Waals surface area contributed by atoms with Gasteiger partial charge in [0.2, 0.25) is 5.91 Å². The normalized spacial score (nSPS) is 16.0. The number of carbonyl (C=O) groups is 2. The van der Waals surface area contributed by atoms with Gasteiger partial charge in [0.25, 0.3) is 5.91 Å². The lowest BCUT2D eigenvalue weighted by atomic mass is 9.90. The highest BCUT2D eigenvalue weighted by atomic mass is 16.2. The van der Waals surface area contributed by atoms with E-state index in [0.717, 1.165) is 31.4 Å². The number of nitrogens with one attached hydrogen (secondary N) is 2. The Morgan fingerprint density at radius 1 is 0.920 bits per heavy atom. The minimum absolute atomic E-state index is 0.0506. The van der Waals surface area contributed by atoms with E-state index in [-0.39, 0.29) is 17.7 Å². The zero-order chi connectivity index (χ0) is 17.2. The van der Waals surface area contributed by atoms with Gasteiger partial charge in [-0.2, -0.15) is 0 Å². The number of hydrogen-bond donors (Lipinski definition) is 2. The minimum atomic E-state index is -0.138. The molecule has 4 heteroatoms. The van der Waals surface area contributed by atoms with E-state index in [1.807, 2.05) is 18.2 Å². The Morgan fingerprint density at radius 2 is 1.72 bits per heavy atom. The van der Waals surface area contributed by atoms with Crippen LogP contribution in [0.15, 0.2) is 42.5 Å². The second kappa shape index (κ2) is 6.71. The summed E-state index contributed by atoms with van der Waals surface area (Å²) in [5, 5.41) is 5.94. The third-order valence-electron chi connectivity index (χ3n) is 4.98. The predicted molar refractivity (Wildman–Crippen MR) is 98.8 cm³/mol. The highest BCUT2D eigenvalue weighted by Gasteiger charge is 2.29. The summed E-state index contributed by atoms with van der Waals surface area (Å²) in [6, 6.07) is 13.3. The fourth-order valence-electron chi connectivity index (χ4n) is 3.42. The fourth-order valence-corrected chi connectivity index (χ4v) is 3.42. The average molecular weight is 334 g/mol. The Balaban J connectivity index is 1.50. The maximum absolute atomic E-state index is 12.7. The highest BCUT2D eigenvalue weighted by molar-refractivity contribution is 6.06. The summed E-state index contributed by atoms with van der Waals surface area (Å²) in [5.41, 5.74) is 4.76. The third-order valence-corrected chi connectivity index (χ3v) is 4.98. The second-order valence-electron chi connectivity index (χ2n) is 6.95. The van der Waals surface area contributed by atoms with Gasteiger partial charge >= 0.3 is 0 Å². The summed E-state index contributed by atoms with van der Waals surface area (Å²) in [4.78, 5) is 24.6. The van der Waals surface area contributed by atoms with Crippen LogP contribution in [0.4, 0.5) is 11.4 Å². The molecular weight excluding hydrogens is 312 g/mol. The number of carbonyl (C=O) groups excluding carboxylic acids is 2. The summed E-state index contributed by atoms with van der Waals surface area (Å²) in [6.45, 7) is 0. The molecule has 0 atom stereocenters. The Labute approximate surface area is 147 Å². The van der Waals surface area contributed by atoms with Crippen molar-refractivity contribution in [1.29, 1.82) is 0 Å². The summed E-state index contributed by atoms with van der Waals surface area (Å²) in [5.74, 6) is 0.0597. The molecule has 2 aromatic rings. The van der Waals surface area contributed by atoms with Crippen LogP contribution in [0.1, 0.15) is 47.2 Å². The molecule has 2 aromatic carbocycles. The quantitative estimate of drug-likeness (QED) is 0.882. The van der Waals surface area contributed by atoms with Crippen LogP contribution in [0.5, 0.6) is 0 Å². The average Bonchev–Trinajstić information content (AvgIpc) is 3.47. The number of hydrogen-bond acceptors (Lipinski definition) is 2. The number of amides is 2. The number of rotatable bonds is 4. The van der Waals surface area contributed by atoms with Crippen molar-refractivity contribution in [3.63, 3.8) is 0 Å². The van der Waals surface area contributed by atoms with E-state index >= 15 is 0 Å². The third kappa shape index (κ3) is 3.58. The van der Waals surface area contributed by atoms with E-state index in [9.17, 15) is 9.59 Å². The smallest absolute Gasteiger partial charge is 0.255 e. The van der Waals surface area contributed by atoms with Gasteiger partial charge in [0, 0.05) is 22.9 Å². The molecule has 2 amide bonds. The minimum Gasteiger partial charge on any atom is -0.326 e. The van der Waals surface area contributed by atoms with E-state index < -0.39 is 0 Å². The molecule has 0 heterocycles. The summed E-state index contributed by atoms with van der Waals surface area (Å²) < 4.78 is 0. The van der Waals surface area contributed by atoms with Crippen LogP contribution in [0.25, 0.3) is 0 Å². The second-order valence-corrected chi connectivity index (χ2v) is 6.95.